The quantitative estimate of drug-likeness (QED) is 0.538. The Labute approximate surface area is 71.4 Å². The first kappa shape index (κ1) is 9.09. The Hall–Kier alpha value is 0. The van der Waals surface area contributed by atoms with Crippen molar-refractivity contribution in [3.63, 3.8) is 0 Å². The first-order chi connectivity index (χ1) is 5.03. The molecule has 1 aliphatic carbocycles. The molecule has 0 heterocycles. The van der Waals surface area contributed by atoms with Crippen LogP contribution in [0, 0.1) is 17.3 Å². The molecule has 66 valence electrons. The van der Waals surface area contributed by atoms with Crippen LogP contribution in [-0.4, -0.2) is 0 Å². The molecule has 0 saturated heterocycles. The van der Waals surface area contributed by atoms with Crippen molar-refractivity contribution in [3.05, 3.63) is 0 Å². The van der Waals surface area contributed by atoms with Crippen LogP contribution in [0.5, 0.6) is 0 Å². The minimum atomic E-state index is 0.623. The van der Waals surface area contributed by atoms with Crippen molar-refractivity contribution in [3.8, 4) is 0 Å². The van der Waals surface area contributed by atoms with E-state index in [1.165, 1.54) is 25.7 Å². The second-order valence-corrected chi connectivity index (χ2v) is 5.19. The third-order valence-electron chi connectivity index (χ3n) is 3.06. The Morgan fingerprint density at radius 2 is 1.91 bits per heavy atom. The second kappa shape index (κ2) is 3.16. The van der Waals surface area contributed by atoms with Gasteiger partial charge in [-0.1, -0.05) is 34.1 Å². The van der Waals surface area contributed by atoms with Gasteiger partial charge < -0.3 is 0 Å². The van der Waals surface area contributed by atoms with Crippen LogP contribution in [-0.2, 0) is 0 Å². The Morgan fingerprint density at radius 1 is 1.27 bits per heavy atom. The summed E-state index contributed by atoms with van der Waals surface area (Å²) in [6.45, 7) is 9.58. The highest BCUT2D eigenvalue weighted by atomic mass is 14.4. The Kier molecular flexibility index (Phi) is 2.61. The Bertz CT molecular complexity index is 124. The van der Waals surface area contributed by atoms with E-state index in [0.717, 1.165) is 11.8 Å². The van der Waals surface area contributed by atoms with E-state index in [1.807, 2.05) is 0 Å². The molecule has 0 amide bonds. The molecular formula is C11H22. The second-order valence-electron chi connectivity index (χ2n) is 5.19. The van der Waals surface area contributed by atoms with E-state index in [1.54, 1.807) is 0 Å². The molecule has 0 aliphatic heterocycles. The van der Waals surface area contributed by atoms with Gasteiger partial charge in [0.2, 0.25) is 0 Å². The van der Waals surface area contributed by atoms with Crippen LogP contribution in [0.3, 0.4) is 0 Å². The highest BCUT2D eigenvalue weighted by Gasteiger charge is 2.30. The fourth-order valence-electron chi connectivity index (χ4n) is 2.85. The van der Waals surface area contributed by atoms with Crippen molar-refractivity contribution >= 4 is 0 Å². The molecule has 0 radical (unpaired) electrons. The molecule has 1 rings (SSSR count). The summed E-state index contributed by atoms with van der Waals surface area (Å²) in [5.74, 6) is 1.97. The molecule has 1 fully saturated rings. The lowest BCUT2D eigenvalue weighted by molar-refractivity contribution is 0.130. The Morgan fingerprint density at radius 3 is 2.36 bits per heavy atom. The fraction of sp³-hybridized carbons (Fsp3) is 1.00. The van der Waals surface area contributed by atoms with Gasteiger partial charge in [-0.25, -0.2) is 0 Å². The van der Waals surface area contributed by atoms with Crippen LogP contribution >= 0.6 is 0 Å². The molecule has 11 heavy (non-hydrogen) atoms. The van der Waals surface area contributed by atoms with Crippen LogP contribution < -0.4 is 0 Å². The zero-order valence-corrected chi connectivity index (χ0v) is 8.48. The summed E-state index contributed by atoms with van der Waals surface area (Å²) >= 11 is 0. The molecule has 0 aromatic carbocycles. The summed E-state index contributed by atoms with van der Waals surface area (Å²) in [4.78, 5) is 0. The summed E-state index contributed by atoms with van der Waals surface area (Å²) in [6.07, 6.45) is 5.74. The van der Waals surface area contributed by atoms with E-state index >= 15 is 0 Å². The molecular weight excluding hydrogens is 132 g/mol. The predicted octanol–water partition coefficient (Wildman–Crippen LogP) is 3.86. The molecule has 0 nitrogen and oxygen atoms in total. The van der Waals surface area contributed by atoms with Crippen molar-refractivity contribution < 1.29 is 0 Å². The van der Waals surface area contributed by atoms with Crippen molar-refractivity contribution in [1.29, 1.82) is 0 Å². The topological polar surface area (TPSA) is 0 Å². The lowest BCUT2D eigenvalue weighted by Gasteiger charge is -2.38. The van der Waals surface area contributed by atoms with Gasteiger partial charge in [-0.3, -0.25) is 0 Å². The molecule has 1 saturated carbocycles. The zero-order chi connectivity index (χ0) is 8.48. The first-order valence-corrected chi connectivity index (χ1v) is 5.03. The van der Waals surface area contributed by atoms with Crippen LogP contribution in [0.4, 0.5) is 0 Å². The predicted molar refractivity (Wildman–Crippen MR) is 50.6 cm³/mol. The lowest BCUT2D eigenvalue weighted by Crippen LogP contribution is -2.27. The van der Waals surface area contributed by atoms with Crippen molar-refractivity contribution in [1.82, 2.24) is 0 Å². The van der Waals surface area contributed by atoms with Crippen molar-refractivity contribution in [2.45, 2.75) is 53.4 Å². The lowest BCUT2D eigenvalue weighted by atomic mass is 9.67. The molecule has 2 atom stereocenters. The van der Waals surface area contributed by atoms with E-state index in [4.69, 9.17) is 0 Å². The van der Waals surface area contributed by atoms with Crippen LogP contribution in [0.2, 0.25) is 0 Å². The smallest absolute Gasteiger partial charge is 0.0349 e. The third kappa shape index (κ3) is 2.50. The number of rotatable bonds is 1. The monoisotopic (exact) mass is 154 g/mol. The SMILES string of the molecule is CC[C@@H]1C[C@H](C)CC(C)(C)C1. The average Bonchev–Trinajstić information content (AvgIpc) is 1.83. The normalized spacial score (nSPS) is 37.1. The fourth-order valence-corrected chi connectivity index (χ4v) is 2.85. The van der Waals surface area contributed by atoms with Crippen molar-refractivity contribution in [2.75, 3.05) is 0 Å². The minimum Gasteiger partial charge on any atom is -0.0651 e. The van der Waals surface area contributed by atoms with Crippen molar-refractivity contribution in [2.24, 2.45) is 17.3 Å². The molecule has 0 heteroatoms. The van der Waals surface area contributed by atoms with Gasteiger partial charge in [0.25, 0.3) is 0 Å². The van der Waals surface area contributed by atoms with Gasteiger partial charge in [0.15, 0.2) is 0 Å². The molecule has 0 aromatic heterocycles. The standard InChI is InChI=1S/C11H22/c1-5-10-6-9(2)7-11(3,4)8-10/h9-10H,5-8H2,1-4H3/t9-,10+/m0/s1. The largest absolute Gasteiger partial charge is 0.0651 e. The van der Waals surface area contributed by atoms with E-state index in [2.05, 4.69) is 27.7 Å². The summed E-state index contributed by atoms with van der Waals surface area (Å²) in [5.41, 5.74) is 0.623. The molecule has 0 spiro atoms. The van der Waals surface area contributed by atoms with Crippen LogP contribution in [0.1, 0.15) is 53.4 Å². The van der Waals surface area contributed by atoms with Gasteiger partial charge in [0.1, 0.15) is 0 Å². The summed E-state index contributed by atoms with van der Waals surface area (Å²) in [6, 6.07) is 0. The van der Waals surface area contributed by atoms with Crippen LogP contribution in [0.25, 0.3) is 0 Å². The van der Waals surface area contributed by atoms with Gasteiger partial charge in [-0.05, 0) is 36.5 Å². The van der Waals surface area contributed by atoms with Gasteiger partial charge in [-0.2, -0.15) is 0 Å². The summed E-state index contributed by atoms with van der Waals surface area (Å²) in [5, 5.41) is 0. The van der Waals surface area contributed by atoms with Gasteiger partial charge >= 0.3 is 0 Å². The van der Waals surface area contributed by atoms with E-state index < -0.39 is 0 Å². The maximum atomic E-state index is 2.42. The van der Waals surface area contributed by atoms with Gasteiger partial charge in [0, 0.05) is 0 Å². The van der Waals surface area contributed by atoms with Crippen LogP contribution in [0.15, 0.2) is 0 Å². The Balaban J connectivity index is 2.51. The maximum absolute atomic E-state index is 2.42. The van der Waals surface area contributed by atoms with E-state index in [9.17, 15) is 0 Å². The summed E-state index contributed by atoms with van der Waals surface area (Å²) < 4.78 is 0. The molecule has 0 unspecified atom stereocenters. The molecule has 0 bridgehead atoms. The summed E-state index contributed by atoms with van der Waals surface area (Å²) in [7, 11) is 0. The number of hydrogen-bond donors (Lipinski definition) is 0. The highest BCUT2D eigenvalue weighted by molar-refractivity contribution is 4.81. The molecule has 0 aromatic rings. The highest BCUT2D eigenvalue weighted by Crippen LogP contribution is 2.42. The van der Waals surface area contributed by atoms with Gasteiger partial charge in [-0.15, -0.1) is 0 Å². The zero-order valence-electron chi connectivity index (χ0n) is 8.48. The molecule has 0 N–H and O–H groups in total. The average molecular weight is 154 g/mol. The third-order valence-corrected chi connectivity index (χ3v) is 3.06. The first-order valence-electron chi connectivity index (χ1n) is 5.03. The maximum Gasteiger partial charge on any atom is -0.0349 e. The number of hydrogen-bond acceptors (Lipinski definition) is 0. The van der Waals surface area contributed by atoms with E-state index in [0.29, 0.717) is 5.41 Å². The minimum absolute atomic E-state index is 0.623. The molecule has 1 aliphatic rings. The van der Waals surface area contributed by atoms with Gasteiger partial charge in [0.05, 0.1) is 0 Å². The van der Waals surface area contributed by atoms with E-state index in [-0.39, 0.29) is 0 Å².